The van der Waals surface area contributed by atoms with E-state index in [1.807, 2.05) is 4.90 Å². The fourth-order valence-corrected chi connectivity index (χ4v) is 5.03. The first-order valence-corrected chi connectivity index (χ1v) is 13.0. The average molecular weight is 586 g/mol. The Morgan fingerprint density at radius 3 is 2.17 bits per heavy atom. The van der Waals surface area contributed by atoms with Crippen LogP contribution in [0.4, 0.5) is 35.1 Å². The monoisotopic (exact) mass is 585 g/mol. The highest BCUT2D eigenvalue weighted by Crippen LogP contribution is 2.33. The summed E-state index contributed by atoms with van der Waals surface area (Å²) in [6.45, 7) is 1.16. The molecule has 0 spiro atoms. The van der Waals surface area contributed by atoms with Crippen molar-refractivity contribution in [1.82, 2.24) is 4.90 Å². The molecule has 4 rings (SSSR count). The lowest BCUT2D eigenvalue weighted by Crippen LogP contribution is -2.29. The molecule has 11 heteroatoms. The number of aryl methyl sites for hydroxylation is 1. The van der Waals surface area contributed by atoms with Crippen molar-refractivity contribution in [3.8, 4) is 5.75 Å². The number of hydrogen-bond donors (Lipinski definition) is 0. The number of hydrogen-bond acceptors (Lipinski definition) is 3. The quantitative estimate of drug-likeness (QED) is 0.283. The molecule has 3 aromatic rings. The highest BCUT2D eigenvalue weighted by atomic mass is 19.4. The molecule has 1 atom stereocenters. The van der Waals surface area contributed by atoms with E-state index in [9.17, 15) is 39.9 Å². The van der Waals surface area contributed by atoms with Crippen LogP contribution in [0.1, 0.15) is 51.9 Å². The second-order valence-electron chi connectivity index (χ2n) is 10.1. The third kappa shape index (κ3) is 8.51. The Balaban J connectivity index is 1.62. The third-order valence-electron chi connectivity index (χ3n) is 7.06. The summed E-state index contributed by atoms with van der Waals surface area (Å²) in [5, 5.41) is 0. The van der Waals surface area contributed by atoms with Crippen molar-refractivity contribution in [3.05, 3.63) is 100 Å². The number of carbonyl (C=O) groups is 1. The standard InChI is InChI=1S/C30H27F8NO2/c31-26-11-6-20(16-27(26)32)18-39-13-2-1-3-21-17-23(29(33,34)35)7-10-25(21)28(40)22(12-14-39)15-19-4-8-24(9-5-19)41-30(36,37)38/h4-11,16-17,22H,1-3,12-15,18H2. The highest BCUT2D eigenvalue weighted by Gasteiger charge is 2.33. The number of carbonyl (C=O) groups excluding carboxylic acids is 1. The van der Waals surface area contributed by atoms with Crippen LogP contribution >= 0.6 is 0 Å². The Labute approximate surface area is 231 Å². The van der Waals surface area contributed by atoms with Crippen molar-refractivity contribution in [2.75, 3.05) is 13.1 Å². The van der Waals surface area contributed by atoms with E-state index in [1.165, 1.54) is 24.3 Å². The topological polar surface area (TPSA) is 29.5 Å². The number of fused-ring (bicyclic) bond motifs is 1. The van der Waals surface area contributed by atoms with Crippen LogP contribution in [0.25, 0.3) is 0 Å². The van der Waals surface area contributed by atoms with E-state index < -0.39 is 41.4 Å². The Morgan fingerprint density at radius 1 is 0.805 bits per heavy atom. The molecule has 0 bridgehead atoms. The lowest BCUT2D eigenvalue weighted by molar-refractivity contribution is -0.274. The van der Waals surface area contributed by atoms with Gasteiger partial charge in [-0.25, -0.2) is 8.78 Å². The van der Waals surface area contributed by atoms with Gasteiger partial charge in [-0.3, -0.25) is 9.69 Å². The van der Waals surface area contributed by atoms with Gasteiger partial charge in [0.15, 0.2) is 17.4 Å². The molecule has 0 saturated carbocycles. The van der Waals surface area contributed by atoms with Crippen LogP contribution in [-0.2, 0) is 25.6 Å². The Hall–Kier alpha value is -3.47. The van der Waals surface area contributed by atoms with Crippen LogP contribution in [0, 0.1) is 17.6 Å². The molecule has 0 N–H and O–H groups in total. The van der Waals surface area contributed by atoms with Crippen LogP contribution in [0.3, 0.4) is 0 Å². The summed E-state index contributed by atoms with van der Waals surface area (Å²) in [5.41, 5.74) is 0.705. The zero-order chi connectivity index (χ0) is 29.8. The van der Waals surface area contributed by atoms with E-state index >= 15 is 0 Å². The maximum absolute atomic E-state index is 13.8. The van der Waals surface area contributed by atoms with Gasteiger partial charge in [-0.15, -0.1) is 13.2 Å². The van der Waals surface area contributed by atoms with E-state index in [1.54, 1.807) is 0 Å². The molecule has 0 radical (unpaired) electrons. The van der Waals surface area contributed by atoms with Gasteiger partial charge < -0.3 is 4.74 Å². The van der Waals surface area contributed by atoms with Crippen molar-refractivity contribution in [3.63, 3.8) is 0 Å². The molecule has 220 valence electrons. The fraction of sp³-hybridized carbons (Fsp3) is 0.367. The SMILES string of the molecule is O=C1c2ccc(C(F)(F)F)cc2CCCCN(Cc2ccc(F)c(F)c2)CCC1Cc1ccc(OC(F)(F)F)cc1. The first kappa shape index (κ1) is 30.5. The molecule has 0 aliphatic carbocycles. The third-order valence-corrected chi connectivity index (χ3v) is 7.06. The number of ketones is 1. The minimum atomic E-state index is -4.86. The number of halogens is 8. The Bertz CT molecular complexity index is 1350. The molecule has 0 aromatic heterocycles. The first-order valence-electron chi connectivity index (χ1n) is 13.0. The Morgan fingerprint density at radius 2 is 1.51 bits per heavy atom. The molecule has 1 aliphatic rings. The number of alkyl halides is 6. The largest absolute Gasteiger partial charge is 0.573 e. The van der Waals surface area contributed by atoms with Gasteiger partial charge in [-0.2, -0.15) is 13.2 Å². The van der Waals surface area contributed by atoms with Crippen molar-refractivity contribution >= 4 is 5.78 Å². The van der Waals surface area contributed by atoms with E-state index in [-0.39, 0.29) is 42.7 Å². The summed E-state index contributed by atoms with van der Waals surface area (Å²) in [7, 11) is 0. The van der Waals surface area contributed by atoms with Crippen LogP contribution in [-0.4, -0.2) is 30.1 Å². The van der Waals surface area contributed by atoms with Gasteiger partial charge in [0.2, 0.25) is 0 Å². The summed E-state index contributed by atoms with van der Waals surface area (Å²) >= 11 is 0. The van der Waals surface area contributed by atoms with Gasteiger partial charge in [0, 0.05) is 18.0 Å². The lowest BCUT2D eigenvalue weighted by Gasteiger charge is -2.25. The zero-order valence-corrected chi connectivity index (χ0v) is 21.8. The Kier molecular flexibility index (Phi) is 9.36. The number of ether oxygens (including phenoxy) is 1. The second-order valence-corrected chi connectivity index (χ2v) is 10.1. The van der Waals surface area contributed by atoms with Gasteiger partial charge in [0.05, 0.1) is 5.56 Å². The van der Waals surface area contributed by atoms with Crippen LogP contribution < -0.4 is 4.74 Å². The average Bonchev–Trinajstić information content (AvgIpc) is 2.92. The molecular weight excluding hydrogens is 558 g/mol. The molecular formula is C30H27F8NO2. The minimum Gasteiger partial charge on any atom is -0.406 e. The van der Waals surface area contributed by atoms with Gasteiger partial charge in [-0.1, -0.05) is 24.3 Å². The highest BCUT2D eigenvalue weighted by molar-refractivity contribution is 5.99. The van der Waals surface area contributed by atoms with Crippen molar-refractivity contribution in [2.24, 2.45) is 5.92 Å². The van der Waals surface area contributed by atoms with E-state index in [0.717, 1.165) is 36.4 Å². The maximum atomic E-state index is 13.8. The summed E-state index contributed by atoms with van der Waals surface area (Å²) in [6.07, 6.45) is -7.69. The van der Waals surface area contributed by atoms with Gasteiger partial charge in [0.1, 0.15) is 5.75 Å². The van der Waals surface area contributed by atoms with E-state index in [0.29, 0.717) is 37.1 Å². The molecule has 0 saturated heterocycles. The number of rotatable bonds is 5. The fourth-order valence-electron chi connectivity index (χ4n) is 5.03. The zero-order valence-electron chi connectivity index (χ0n) is 21.8. The molecule has 41 heavy (non-hydrogen) atoms. The summed E-state index contributed by atoms with van der Waals surface area (Å²) in [5.74, 6) is -3.44. The molecule has 1 heterocycles. The number of nitrogens with zero attached hydrogens (tertiary/aromatic N) is 1. The molecule has 1 aliphatic heterocycles. The number of benzene rings is 3. The van der Waals surface area contributed by atoms with Gasteiger partial charge in [0.25, 0.3) is 0 Å². The normalized spacial score (nSPS) is 17.6. The van der Waals surface area contributed by atoms with Gasteiger partial charge >= 0.3 is 12.5 Å². The van der Waals surface area contributed by atoms with Crippen molar-refractivity contribution in [1.29, 1.82) is 0 Å². The molecule has 3 nitrogen and oxygen atoms in total. The smallest absolute Gasteiger partial charge is 0.406 e. The van der Waals surface area contributed by atoms with Crippen molar-refractivity contribution < 1.29 is 44.7 Å². The van der Waals surface area contributed by atoms with Gasteiger partial charge in [-0.05, 0) is 98.3 Å². The molecule has 1 unspecified atom stereocenters. The van der Waals surface area contributed by atoms with Crippen LogP contribution in [0.2, 0.25) is 0 Å². The first-order chi connectivity index (χ1) is 19.3. The van der Waals surface area contributed by atoms with E-state index in [4.69, 9.17) is 0 Å². The van der Waals surface area contributed by atoms with E-state index in [2.05, 4.69) is 4.74 Å². The second kappa shape index (κ2) is 12.6. The minimum absolute atomic E-state index is 0.130. The number of Topliss-reactive ketones (excluding diaryl/α,β-unsaturated/α-hetero) is 1. The maximum Gasteiger partial charge on any atom is 0.573 e. The summed E-state index contributed by atoms with van der Waals surface area (Å²) in [6, 6.07) is 11.8. The predicted octanol–water partition coefficient (Wildman–Crippen LogP) is 8.15. The lowest BCUT2D eigenvalue weighted by atomic mass is 9.85. The van der Waals surface area contributed by atoms with Crippen molar-refractivity contribution in [2.45, 2.75) is 51.2 Å². The summed E-state index contributed by atoms with van der Waals surface area (Å²) in [4.78, 5) is 15.7. The van der Waals surface area contributed by atoms with Crippen LogP contribution in [0.5, 0.6) is 5.75 Å². The van der Waals surface area contributed by atoms with Crippen LogP contribution in [0.15, 0.2) is 60.7 Å². The molecule has 0 amide bonds. The molecule has 0 fully saturated rings. The predicted molar refractivity (Wildman–Crippen MR) is 135 cm³/mol. The summed E-state index contributed by atoms with van der Waals surface area (Å²) < 4.78 is 109. The molecule has 3 aromatic carbocycles.